The van der Waals surface area contributed by atoms with Crippen LogP contribution in [0.1, 0.15) is 29.3 Å². The van der Waals surface area contributed by atoms with Crippen LogP contribution in [0.15, 0.2) is 23.4 Å². The van der Waals surface area contributed by atoms with E-state index >= 15 is 0 Å². The standard InChI is InChI=1S/C13H18FN3O2/c1-3-17(7-6-12(15)16-19)13(18)11-5-4-10(14)8-9(11)2/h4-5,8,19H,3,6-7H2,1-2H3,(H2,15,16). The predicted octanol–water partition coefficient (Wildman–Crippen LogP) is 1.73. The number of amides is 1. The smallest absolute Gasteiger partial charge is 0.254 e. The lowest BCUT2D eigenvalue weighted by molar-refractivity contribution is 0.0767. The van der Waals surface area contributed by atoms with Gasteiger partial charge in [-0.1, -0.05) is 5.16 Å². The fourth-order valence-electron chi connectivity index (χ4n) is 1.74. The zero-order chi connectivity index (χ0) is 14.4. The van der Waals surface area contributed by atoms with E-state index < -0.39 is 0 Å². The van der Waals surface area contributed by atoms with Crippen molar-refractivity contribution in [3.05, 3.63) is 35.1 Å². The Morgan fingerprint density at radius 1 is 1.53 bits per heavy atom. The van der Waals surface area contributed by atoms with Crippen LogP contribution in [0.5, 0.6) is 0 Å². The Labute approximate surface area is 111 Å². The van der Waals surface area contributed by atoms with Crippen molar-refractivity contribution in [3.8, 4) is 0 Å². The lowest BCUT2D eigenvalue weighted by Crippen LogP contribution is -2.34. The molecule has 0 aliphatic heterocycles. The molecule has 19 heavy (non-hydrogen) atoms. The molecule has 3 N–H and O–H groups in total. The van der Waals surface area contributed by atoms with Crippen molar-refractivity contribution in [1.82, 2.24) is 4.90 Å². The van der Waals surface area contributed by atoms with Gasteiger partial charge in [-0.2, -0.15) is 0 Å². The highest BCUT2D eigenvalue weighted by molar-refractivity contribution is 5.95. The molecule has 0 unspecified atom stereocenters. The van der Waals surface area contributed by atoms with Gasteiger partial charge in [0.2, 0.25) is 0 Å². The second-order valence-electron chi connectivity index (χ2n) is 4.19. The minimum atomic E-state index is -0.367. The Bertz CT molecular complexity index is 489. The first-order chi connectivity index (χ1) is 8.99. The summed E-state index contributed by atoms with van der Waals surface area (Å²) >= 11 is 0. The van der Waals surface area contributed by atoms with Crippen molar-refractivity contribution in [3.63, 3.8) is 0 Å². The molecule has 0 saturated carbocycles. The lowest BCUT2D eigenvalue weighted by Gasteiger charge is -2.21. The highest BCUT2D eigenvalue weighted by Crippen LogP contribution is 2.13. The van der Waals surface area contributed by atoms with Crippen LogP contribution in [-0.2, 0) is 0 Å². The maximum atomic E-state index is 13.0. The topological polar surface area (TPSA) is 78.9 Å². The summed E-state index contributed by atoms with van der Waals surface area (Å²) in [5, 5.41) is 11.3. The van der Waals surface area contributed by atoms with E-state index in [1.807, 2.05) is 6.92 Å². The zero-order valence-corrected chi connectivity index (χ0v) is 11.1. The molecular formula is C13H18FN3O2. The van der Waals surface area contributed by atoms with Gasteiger partial charge >= 0.3 is 0 Å². The summed E-state index contributed by atoms with van der Waals surface area (Å²) in [4.78, 5) is 13.8. The lowest BCUT2D eigenvalue weighted by atomic mass is 10.1. The molecule has 0 aromatic heterocycles. The number of carbonyl (C=O) groups excluding carboxylic acids is 1. The van der Waals surface area contributed by atoms with Crippen molar-refractivity contribution in [1.29, 1.82) is 0 Å². The van der Waals surface area contributed by atoms with Crippen LogP contribution in [0.25, 0.3) is 0 Å². The van der Waals surface area contributed by atoms with Gasteiger partial charge in [-0.05, 0) is 37.6 Å². The third-order valence-corrected chi connectivity index (χ3v) is 2.85. The third kappa shape index (κ3) is 3.94. The maximum absolute atomic E-state index is 13.0. The summed E-state index contributed by atoms with van der Waals surface area (Å²) in [7, 11) is 0. The Hall–Kier alpha value is -2.11. The molecule has 1 aromatic rings. The summed E-state index contributed by atoms with van der Waals surface area (Å²) in [5.74, 6) is -0.485. The summed E-state index contributed by atoms with van der Waals surface area (Å²) in [6.07, 6.45) is 0.288. The van der Waals surface area contributed by atoms with E-state index in [0.29, 0.717) is 24.2 Å². The van der Waals surface area contributed by atoms with Crippen molar-refractivity contribution in [2.45, 2.75) is 20.3 Å². The summed E-state index contributed by atoms with van der Waals surface area (Å²) in [6, 6.07) is 4.06. The van der Waals surface area contributed by atoms with Gasteiger partial charge in [0.25, 0.3) is 5.91 Å². The van der Waals surface area contributed by atoms with E-state index in [-0.39, 0.29) is 24.0 Å². The number of halogens is 1. The SMILES string of the molecule is CCN(CC/C(N)=N/O)C(=O)c1ccc(F)cc1C. The van der Waals surface area contributed by atoms with Crippen molar-refractivity contribution in [2.75, 3.05) is 13.1 Å². The number of hydrogen-bond acceptors (Lipinski definition) is 3. The summed E-state index contributed by atoms with van der Waals surface area (Å²) in [5.41, 5.74) is 6.43. The Kier molecular flexibility index (Phi) is 5.29. The average molecular weight is 267 g/mol. The number of oxime groups is 1. The molecule has 1 aromatic carbocycles. The molecule has 0 radical (unpaired) electrons. The first-order valence-electron chi connectivity index (χ1n) is 6.01. The van der Waals surface area contributed by atoms with Crippen LogP contribution in [0, 0.1) is 12.7 Å². The van der Waals surface area contributed by atoms with Crippen LogP contribution >= 0.6 is 0 Å². The molecule has 5 nitrogen and oxygen atoms in total. The number of rotatable bonds is 5. The molecule has 0 bridgehead atoms. The highest BCUT2D eigenvalue weighted by Gasteiger charge is 2.16. The van der Waals surface area contributed by atoms with Gasteiger partial charge in [0, 0.05) is 25.1 Å². The number of nitrogens with zero attached hydrogens (tertiary/aromatic N) is 2. The van der Waals surface area contributed by atoms with E-state index in [2.05, 4.69) is 5.16 Å². The molecule has 0 aliphatic rings. The van der Waals surface area contributed by atoms with Crippen LogP contribution in [0.3, 0.4) is 0 Å². The molecule has 0 aliphatic carbocycles. The van der Waals surface area contributed by atoms with Crippen molar-refractivity contribution >= 4 is 11.7 Å². The number of carbonyl (C=O) groups is 1. The van der Waals surface area contributed by atoms with Crippen molar-refractivity contribution in [2.24, 2.45) is 10.9 Å². The fourth-order valence-corrected chi connectivity index (χ4v) is 1.74. The number of nitrogens with two attached hydrogens (primary N) is 1. The van der Waals surface area contributed by atoms with Gasteiger partial charge < -0.3 is 15.8 Å². The molecule has 1 amide bonds. The molecule has 1 rings (SSSR count). The monoisotopic (exact) mass is 267 g/mol. The second-order valence-corrected chi connectivity index (χ2v) is 4.19. The number of hydrogen-bond donors (Lipinski definition) is 2. The number of aryl methyl sites for hydroxylation is 1. The van der Waals surface area contributed by atoms with E-state index in [0.717, 1.165) is 0 Å². The summed E-state index contributed by atoms with van der Waals surface area (Å²) < 4.78 is 13.0. The quantitative estimate of drug-likeness (QED) is 0.369. The zero-order valence-electron chi connectivity index (χ0n) is 11.1. The molecule has 0 spiro atoms. The molecule has 104 valence electrons. The Morgan fingerprint density at radius 3 is 2.74 bits per heavy atom. The minimum Gasteiger partial charge on any atom is -0.409 e. The predicted molar refractivity (Wildman–Crippen MR) is 70.7 cm³/mol. The summed E-state index contributed by atoms with van der Waals surface area (Å²) in [6.45, 7) is 4.37. The fraction of sp³-hybridized carbons (Fsp3) is 0.385. The van der Waals surface area contributed by atoms with Crippen LogP contribution in [-0.4, -0.2) is 34.9 Å². The molecule has 0 saturated heterocycles. The van der Waals surface area contributed by atoms with Gasteiger partial charge in [0.15, 0.2) is 0 Å². The Morgan fingerprint density at radius 2 is 2.21 bits per heavy atom. The van der Waals surface area contributed by atoms with E-state index in [1.165, 1.54) is 18.2 Å². The van der Waals surface area contributed by atoms with Crippen LogP contribution in [0.2, 0.25) is 0 Å². The van der Waals surface area contributed by atoms with Gasteiger partial charge in [-0.25, -0.2) is 4.39 Å². The Balaban J connectivity index is 2.83. The first-order valence-corrected chi connectivity index (χ1v) is 6.01. The van der Waals surface area contributed by atoms with Gasteiger partial charge in [0.05, 0.1) is 0 Å². The van der Waals surface area contributed by atoms with Crippen LogP contribution < -0.4 is 5.73 Å². The number of benzene rings is 1. The molecule has 6 heteroatoms. The van der Waals surface area contributed by atoms with Crippen LogP contribution in [0.4, 0.5) is 4.39 Å². The highest BCUT2D eigenvalue weighted by atomic mass is 19.1. The van der Waals surface area contributed by atoms with Crippen molar-refractivity contribution < 1.29 is 14.4 Å². The van der Waals surface area contributed by atoms with E-state index in [9.17, 15) is 9.18 Å². The first kappa shape index (κ1) is 14.9. The van der Waals surface area contributed by atoms with Gasteiger partial charge in [-0.3, -0.25) is 4.79 Å². The molecule has 0 heterocycles. The molecular weight excluding hydrogens is 249 g/mol. The molecule has 0 fully saturated rings. The maximum Gasteiger partial charge on any atom is 0.254 e. The second kappa shape index (κ2) is 6.72. The average Bonchev–Trinajstić information content (AvgIpc) is 2.38. The van der Waals surface area contributed by atoms with E-state index in [4.69, 9.17) is 10.9 Å². The normalized spacial score (nSPS) is 11.4. The van der Waals surface area contributed by atoms with E-state index in [1.54, 1.807) is 11.8 Å². The largest absolute Gasteiger partial charge is 0.409 e. The van der Waals surface area contributed by atoms with Gasteiger partial charge in [-0.15, -0.1) is 0 Å². The third-order valence-electron chi connectivity index (χ3n) is 2.85. The minimum absolute atomic E-state index is 0.0714. The number of amidine groups is 1. The molecule has 0 atom stereocenters. The van der Waals surface area contributed by atoms with Gasteiger partial charge in [0.1, 0.15) is 11.7 Å².